The number of H-pyrrole nitrogens is 3. The van der Waals surface area contributed by atoms with E-state index in [-0.39, 0.29) is 33.4 Å². The zero-order valence-electron chi connectivity index (χ0n) is 75.7. The number of ether oxygens (including phenoxy) is 3. The minimum atomic E-state index is -3.54. The van der Waals surface area contributed by atoms with Gasteiger partial charge in [-0.1, -0.05) is 61.8 Å². The molecule has 2 atom stereocenters. The van der Waals surface area contributed by atoms with Gasteiger partial charge >= 0.3 is 0 Å². The molecule has 3 saturated heterocycles. The number of nitrogens with zero attached hydrogens (tertiary/aromatic N) is 9. The van der Waals surface area contributed by atoms with E-state index in [2.05, 4.69) is 137 Å². The Hall–Kier alpha value is -11.6. The average Bonchev–Trinajstić information content (AvgIpc) is 1.75. The maximum atomic E-state index is 13.6. The molecule has 7 aromatic heterocycles. The number of nitrogens with one attached hydrogen (secondary N) is 10. The minimum Gasteiger partial charge on any atom is -0.489 e. The first-order valence-electron chi connectivity index (χ1n) is 44.0. The van der Waals surface area contributed by atoms with Crippen LogP contribution < -0.4 is 51.4 Å². The van der Waals surface area contributed by atoms with Crippen LogP contribution in [0.4, 0.5) is 69.4 Å². The van der Waals surface area contributed by atoms with Gasteiger partial charge < -0.3 is 80.7 Å². The standard InChI is InChI=1S/C37H51N7O2S.C30H38N6O3S.C29H32N6O4S/c1-24(2)46-33-23-30(27-13-20-44(21-14-27)28-15-18-43(6)19-16-28)26(5)22-32(33)40-37-41-35-29(12-17-38-35)36(42-37)39-31-10-8-9-11-34(31)47(7,45)25(3)4;1-18(2)39-26-17-22(23-10-8-9-14-31-23)20(5)16-25(26)34-30-35-28-21(13-15-32-28)29(36-30)33-24-11-6-7-12-27(24)40(37,38)19(3)4;1-16(2)38-25-13-18(5)21(24-14-19(6)35-39-24)15-23(25)32-29-33-27-20(11-12-30-27)28(34-29)31-22-9-7-8-10-26(22)40(36,37)17(3)4/h8-12,17,22-25,27-28H,7,13-16,18-21H2,1-6H3,(H3,38,39,40,41,42);6-7,11-13,15-19,23,31H,8-10,14H2,1-5H3,(H3,32,33,34,35,36);7-17H,1-6H3,(H3,30,31,32,33,34). The van der Waals surface area contributed by atoms with Crippen molar-refractivity contribution in [2.24, 2.45) is 0 Å². The summed E-state index contributed by atoms with van der Waals surface area (Å²) in [6, 6.07) is 42.4. The highest BCUT2D eigenvalue weighted by Gasteiger charge is 2.32. The lowest BCUT2D eigenvalue weighted by Gasteiger charge is -2.41. The number of hydrogen-bond acceptors (Lipinski definition) is 25. The molecule has 13 aromatic rings. The van der Waals surface area contributed by atoms with Crippen molar-refractivity contribution < 1.29 is 39.8 Å². The summed E-state index contributed by atoms with van der Waals surface area (Å²) >= 11 is 0. The minimum absolute atomic E-state index is 0.0105. The van der Waals surface area contributed by atoms with Crippen LogP contribution in [0.1, 0.15) is 174 Å². The van der Waals surface area contributed by atoms with E-state index < -0.39 is 39.7 Å². The Morgan fingerprint density at radius 3 is 1.28 bits per heavy atom. The number of rotatable bonds is 28. The first kappa shape index (κ1) is 91.6. The zero-order chi connectivity index (χ0) is 90.3. The lowest BCUT2D eigenvalue weighted by atomic mass is 9.85. The van der Waals surface area contributed by atoms with Crippen LogP contribution in [0.2, 0.25) is 0 Å². The summed E-state index contributed by atoms with van der Waals surface area (Å²) in [6.45, 7) is 36.5. The molecular weight excluding hydrogens is 1660 g/mol. The molecular formula is C96H121N19O9S3. The number of aromatic nitrogens is 10. The number of benzene rings is 6. The first-order valence-corrected chi connectivity index (χ1v) is 48.9. The highest BCUT2D eigenvalue weighted by atomic mass is 32.2. The molecule has 0 bridgehead atoms. The summed E-state index contributed by atoms with van der Waals surface area (Å²) in [5.74, 6) is 10.1. The number of aryl methyl sites for hydroxylation is 4. The van der Waals surface area contributed by atoms with E-state index in [0.717, 1.165) is 93.8 Å². The van der Waals surface area contributed by atoms with Gasteiger partial charge in [0, 0.05) is 57.1 Å². The number of sulfone groups is 2. The topological polar surface area (TPSA) is 354 Å². The van der Waals surface area contributed by atoms with Crippen molar-refractivity contribution in [3.63, 3.8) is 0 Å². The maximum Gasteiger partial charge on any atom is 0.231 e. The van der Waals surface area contributed by atoms with E-state index in [4.69, 9.17) is 43.7 Å². The predicted molar refractivity (Wildman–Crippen MR) is 514 cm³/mol. The van der Waals surface area contributed by atoms with Crippen LogP contribution in [0.15, 0.2) is 171 Å². The number of piperidine rings is 3. The molecule has 127 heavy (non-hydrogen) atoms. The van der Waals surface area contributed by atoms with Crippen molar-refractivity contribution in [1.29, 1.82) is 0 Å². The SMILES string of the molecule is C=S(=O)(c1ccccc1Nc1nc(Nc2cc(C)c(C3CCN(C4CCN(C)CC4)CC3)cc2OC(C)C)nc2[nH]ccc12)C(C)C.Cc1cc(-c2cc(Nc3nc(Nc4ccccc4S(=O)(=O)C(C)C)c4cc[nH]c4n3)c(OC(C)C)cc2C)on1.Cc1cc(Nc2nc(Nc3ccccc3S(=O)(=O)C(C)C)c3cc[nH]c3n2)c(OC(C)C)cc1C1CCCCN1. The second-order valence-electron chi connectivity index (χ2n) is 34.9. The van der Waals surface area contributed by atoms with E-state index in [1.807, 2.05) is 122 Å². The van der Waals surface area contributed by atoms with Gasteiger partial charge in [-0.2, -0.15) is 29.9 Å². The van der Waals surface area contributed by atoms with Crippen LogP contribution in [0.25, 0.3) is 44.4 Å². The molecule has 6 aromatic carbocycles. The van der Waals surface area contributed by atoms with Crippen LogP contribution in [0, 0.1) is 27.7 Å². The Labute approximate surface area is 746 Å². The molecule has 0 amide bonds. The molecule has 10 heterocycles. The van der Waals surface area contributed by atoms with E-state index in [0.29, 0.717) is 103 Å². The molecule has 0 saturated carbocycles. The molecule has 0 radical (unpaired) electrons. The Bertz CT molecular complexity index is 6420. The Morgan fingerprint density at radius 2 is 0.858 bits per heavy atom. The molecule has 0 spiro atoms. The van der Waals surface area contributed by atoms with Crippen molar-refractivity contribution in [2.75, 3.05) is 71.7 Å². The third kappa shape index (κ3) is 21.3. The van der Waals surface area contributed by atoms with Crippen molar-refractivity contribution in [2.45, 2.75) is 222 Å². The first-order chi connectivity index (χ1) is 60.6. The fraction of sp³-hybridized carbons (Fsp3) is 0.396. The molecule has 0 aliphatic carbocycles. The molecule has 3 aliphatic heterocycles. The number of fused-ring (bicyclic) bond motifs is 3. The van der Waals surface area contributed by atoms with Crippen LogP contribution in [-0.2, 0) is 29.2 Å². The average molecular weight is 1780 g/mol. The van der Waals surface area contributed by atoms with Crippen LogP contribution in [-0.4, -0.2) is 167 Å². The van der Waals surface area contributed by atoms with Gasteiger partial charge in [0.1, 0.15) is 51.6 Å². The van der Waals surface area contributed by atoms with E-state index >= 15 is 0 Å². The number of anilines is 12. The lowest BCUT2D eigenvalue weighted by Crippen LogP contribution is -2.46. The zero-order valence-corrected chi connectivity index (χ0v) is 78.2. The van der Waals surface area contributed by atoms with Gasteiger partial charge in [0.05, 0.1) is 99.5 Å². The Morgan fingerprint density at radius 1 is 0.441 bits per heavy atom. The maximum absolute atomic E-state index is 13.6. The molecule has 2 unspecified atom stereocenters. The summed E-state index contributed by atoms with van der Waals surface area (Å²) < 4.78 is 90.1. The van der Waals surface area contributed by atoms with Crippen molar-refractivity contribution in [3.05, 3.63) is 186 Å². The second-order valence-corrected chi connectivity index (χ2v) is 42.6. The summed E-state index contributed by atoms with van der Waals surface area (Å²) in [6.07, 6.45) is 13.7. The van der Waals surface area contributed by atoms with Gasteiger partial charge in [-0.05, 0) is 306 Å². The number of para-hydroxylation sites is 3. The highest BCUT2D eigenvalue weighted by Crippen LogP contribution is 2.44. The summed E-state index contributed by atoms with van der Waals surface area (Å²) in [5.41, 5.74) is 13.4. The molecule has 10 N–H and O–H groups in total. The fourth-order valence-corrected chi connectivity index (χ4v) is 20.1. The normalized spacial score (nSPS) is 15.7. The predicted octanol–water partition coefficient (Wildman–Crippen LogP) is 20.5. The van der Waals surface area contributed by atoms with Crippen LogP contribution in [0.3, 0.4) is 0 Å². The van der Waals surface area contributed by atoms with E-state index in [9.17, 15) is 21.0 Å². The number of likely N-dealkylation sites (tertiary alicyclic amines) is 2. The van der Waals surface area contributed by atoms with E-state index in [1.54, 1.807) is 88.6 Å². The molecule has 28 nitrogen and oxygen atoms in total. The third-order valence-corrected chi connectivity index (χ3v) is 30.3. The summed E-state index contributed by atoms with van der Waals surface area (Å²) in [4.78, 5) is 44.4. The van der Waals surface area contributed by atoms with Crippen molar-refractivity contribution in [3.8, 4) is 28.6 Å². The molecule has 672 valence electrons. The van der Waals surface area contributed by atoms with Crippen molar-refractivity contribution in [1.82, 2.24) is 65.1 Å². The van der Waals surface area contributed by atoms with E-state index in [1.165, 1.54) is 68.3 Å². The molecule has 31 heteroatoms. The number of aromatic amines is 3. The summed E-state index contributed by atoms with van der Waals surface area (Å²) in [7, 11) is -7.34. The van der Waals surface area contributed by atoms with Gasteiger partial charge in [-0.25, -0.2) is 16.8 Å². The lowest BCUT2D eigenvalue weighted by molar-refractivity contribution is 0.0965. The Balaban J connectivity index is 0.000000155. The molecule has 3 fully saturated rings. The van der Waals surface area contributed by atoms with Gasteiger partial charge in [-0.15, -0.1) is 0 Å². The molecule has 16 rings (SSSR count). The van der Waals surface area contributed by atoms with Crippen LogP contribution >= 0.6 is 0 Å². The monoisotopic (exact) mass is 1780 g/mol. The largest absolute Gasteiger partial charge is 0.489 e. The molecule has 3 aliphatic rings. The van der Waals surface area contributed by atoms with Gasteiger partial charge in [0.15, 0.2) is 25.4 Å². The second kappa shape index (κ2) is 39.3. The van der Waals surface area contributed by atoms with Gasteiger partial charge in [0.25, 0.3) is 0 Å². The van der Waals surface area contributed by atoms with Crippen molar-refractivity contribution >= 4 is 138 Å². The smallest absolute Gasteiger partial charge is 0.231 e. The van der Waals surface area contributed by atoms with Gasteiger partial charge in [0.2, 0.25) is 17.8 Å². The Kier molecular flexibility index (Phi) is 28.4. The quantitative estimate of drug-likeness (QED) is 0.0204. The number of hydrogen-bond donors (Lipinski definition) is 10. The van der Waals surface area contributed by atoms with Crippen LogP contribution in [0.5, 0.6) is 17.2 Å². The fourth-order valence-electron chi connectivity index (χ4n) is 16.4. The summed E-state index contributed by atoms with van der Waals surface area (Å²) in [5, 5.41) is 28.8. The highest BCUT2D eigenvalue weighted by molar-refractivity contribution is 8.01. The van der Waals surface area contributed by atoms with Gasteiger partial charge in [-0.3, -0.25) is 4.21 Å². The third-order valence-electron chi connectivity index (χ3n) is 23.3.